The average molecular weight is 160 g/mol. The lowest BCUT2D eigenvalue weighted by molar-refractivity contribution is 0.677. The monoisotopic (exact) mass is 159 g/mol. The molecule has 1 atom stereocenters. The van der Waals surface area contributed by atoms with Crippen molar-refractivity contribution in [2.75, 3.05) is 0 Å². The summed E-state index contributed by atoms with van der Waals surface area (Å²) in [6, 6.07) is 0.152. The van der Waals surface area contributed by atoms with Crippen LogP contribution in [0.4, 0.5) is 0 Å². The van der Waals surface area contributed by atoms with Gasteiger partial charge in [0.2, 0.25) is 0 Å². The average Bonchev–Trinajstić information content (AvgIpc) is 1.94. The van der Waals surface area contributed by atoms with Crippen molar-refractivity contribution in [1.29, 1.82) is 0 Å². The third-order valence-electron chi connectivity index (χ3n) is 1.39. The van der Waals surface area contributed by atoms with E-state index >= 15 is 0 Å². The Morgan fingerprint density at radius 2 is 2.60 bits per heavy atom. The molecule has 0 saturated carbocycles. The van der Waals surface area contributed by atoms with Gasteiger partial charge in [0, 0.05) is 6.20 Å². The molecular formula is C6H10ClN3. The Hall–Kier alpha value is -0.700. The molecule has 3 N–H and O–H groups in total. The summed E-state index contributed by atoms with van der Waals surface area (Å²) in [5, 5.41) is 3.66. The SMILES string of the molecule is CCC1NC(N)=NC=C1Cl. The quantitative estimate of drug-likeness (QED) is 0.594. The largest absolute Gasteiger partial charge is 0.370 e. The van der Waals surface area contributed by atoms with Crippen LogP contribution in [-0.2, 0) is 0 Å². The summed E-state index contributed by atoms with van der Waals surface area (Å²) in [6.07, 6.45) is 2.51. The molecule has 0 fully saturated rings. The first kappa shape index (κ1) is 7.41. The van der Waals surface area contributed by atoms with E-state index in [0.717, 1.165) is 11.5 Å². The van der Waals surface area contributed by atoms with Crippen molar-refractivity contribution in [3.63, 3.8) is 0 Å². The molecule has 0 amide bonds. The molecule has 56 valence electrons. The van der Waals surface area contributed by atoms with E-state index in [1.165, 1.54) is 0 Å². The van der Waals surface area contributed by atoms with Crippen LogP contribution in [0.5, 0.6) is 0 Å². The van der Waals surface area contributed by atoms with Gasteiger partial charge in [-0.3, -0.25) is 0 Å². The maximum absolute atomic E-state index is 5.78. The standard InChI is InChI=1S/C6H10ClN3/c1-2-5-4(7)3-9-6(8)10-5/h3,5H,2H2,1H3,(H3,8,9,10). The van der Waals surface area contributed by atoms with Gasteiger partial charge in [-0.05, 0) is 6.42 Å². The molecule has 0 bridgehead atoms. The van der Waals surface area contributed by atoms with Crippen molar-refractivity contribution in [3.8, 4) is 0 Å². The highest BCUT2D eigenvalue weighted by molar-refractivity contribution is 6.30. The molecular weight excluding hydrogens is 150 g/mol. The second-order valence-corrected chi connectivity index (χ2v) is 2.57. The minimum Gasteiger partial charge on any atom is -0.370 e. The van der Waals surface area contributed by atoms with E-state index in [0.29, 0.717) is 5.96 Å². The lowest BCUT2D eigenvalue weighted by Gasteiger charge is -2.19. The third kappa shape index (κ3) is 1.42. The first-order valence-corrected chi connectivity index (χ1v) is 3.57. The lowest BCUT2D eigenvalue weighted by Crippen LogP contribution is -2.41. The Morgan fingerprint density at radius 1 is 1.90 bits per heavy atom. The maximum atomic E-state index is 5.78. The molecule has 1 aliphatic rings. The number of guanidine groups is 1. The van der Waals surface area contributed by atoms with Crippen LogP contribution in [0.2, 0.25) is 0 Å². The summed E-state index contributed by atoms with van der Waals surface area (Å²) >= 11 is 5.78. The first-order chi connectivity index (χ1) is 4.74. The zero-order valence-electron chi connectivity index (χ0n) is 5.76. The van der Waals surface area contributed by atoms with Crippen LogP contribution < -0.4 is 11.1 Å². The predicted octanol–water partition coefficient (Wildman–Crippen LogP) is 0.763. The number of nitrogens with zero attached hydrogens (tertiary/aromatic N) is 1. The number of nitrogens with one attached hydrogen (secondary N) is 1. The highest BCUT2D eigenvalue weighted by Crippen LogP contribution is 2.13. The molecule has 0 aromatic heterocycles. The van der Waals surface area contributed by atoms with E-state index in [9.17, 15) is 0 Å². The topological polar surface area (TPSA) is 50.4 Å². The zero-order valence-corrected chi connectivity index (χ0v) is 6.52. The van der Waals surface area contributed by atoms with Crippen LogP contribution in [0, 0.1) is 0 Å². The molecule has 3 nitrogen and oxygen atoms in total. The normalized spacial score (nSPS) is 24.8. The second-order valence-electron chi connectivity index (χ2n) is 2.13. The van der Waals surface area contributed by atoms with Crippen LogP contribution in [0.3, 0.4) is 0 Å². The highest BCUT2D eigenvalue weighted by atomic mass is 35.5. The Bertz CT molecular complexity index is 185. The van der Waals surface area contributed by atoms with Crippen LogP contribution in [0.15, 0.2) is 16.2 Å². The summed E-state index contributed by atoms with van der Waals surface area (Å²) in [4.78, 5) is 3.80. The van der Waals surface area contributed by atoms with Crippen molar-refractivity contribution in [2.45, 2.75) is 19.4 Å². The van der Waals surface area contributed by atoms with Crippen molar-refractivity contribution in [2.24, 2.45) is 10.7 Å². The third-order valence-corrected chi connectivity index (χ3v) is 1.75. The second kappa shape index (κ2) is 2.92. The van der Waals surface area contributed by atoms with E-state index in [4.69, 9.17) is 17.3 Å². The van der Waals surface area contributed by atoms with Crippen molar-refractivity contribution in [3.05, 3.63) is 11.2 Å². The van der Waals surface area contributed by atoms with Gasteiger partial charge in [-0.15, -0.1) is 0 Å². The summed E-state index contributed by atoms with van der Waals surface area (Å²) in [7, 11) is 0. The summed E-state index contributed by atoms with van der Waals surface area (Å²) < 4.78 is 0. The predicted molar refractivity (Wildman–Crippen MR) is 42.8 cm³/mol. The number of hydrogen-bond donors (Lipinski definition) is 2. The van der Waals surface area contributed by atoms with Crippen molar-refractivity contribution >= 4 is 17.6 Å². The fourth-order valence-corrected chi connectivity index (χ4v) is 1.06. The lowest BCUT2D eigenvalue weighted by atomic mass is 10.2. The Labute approximate surface area is 65.0 Å². The minimum absolute atomic E-state index is 0.152. The molecule has 0 radical (unpaired) electrons. The fraction of sp³-hybridized carbons (Fsp3) is 0.500. The van der Waals surface area contributed by atoms with Crippen LogP contribution in [0.25, 0.3) is 0 Å². The van der Waals surface area contributed by atoms with E-state index in [1.807, 2.05) is 6.92 Å². The molecule has 0 aliphatic carbocycles. The molecule has 1 unspecified atom stereocenters. The summed E-state index contributed by atoms with van der Waals surface area (Å²) in [5.41, 5.74) is 5.40. The number of halogens is 1. The molecule has 4 heteroatoms. The Morgan fingerprint density at radius 3 is 3.10 bits per heavy atom. The summed E-state index contributed by atoms with van der Waals surface area (Å²) in [6.45, 7) is 2.03. The number of aliphatic imine (C=N–C) groups is 1. The van der Waals surface area contributed by atoms with Gasteiger partial charge >= 0.3 is 0 Å². The van der Waals surface area contributed by atoms with E-state index < -0.39 is 0 Å². The van der Waals surface area contributed by atoms with E-state index in [1.54, 1.807) is 6.20 Å². The Kier molecular flexibility index (Phi) is 2.17. The van der Waals surface area contributed by atoms with E-state index in [-0.39, 0.29) is 6.04 Å². The highest BCUT2D eigenvalue weighted by Gasteiger charge is 2.13. The minimum atomic E-state index is 0.152. The molecule has 0 aromatic rings. The molecule has 10 heavy (non-hydrogen) atoms. The molecule has 0 aromatic carbocycles. The van der Waals surface area contributed by atoms with Crippen molar-refractivity contribution in [1.82, 2.24) is 5.32 Å². The summed E-state index contributed by atoms with van der Waals surface area (Å²) in [5.74, 6) is 0.441. The first-order valence-electron chi connectivity index (χ1n) is 3.19. The van der Waals surface area contributed by atoms with Gasteiger partial charge in [-0.25, -0.2) is 4.99 Å². The van der Waals surface area contributed by atoms with Crippen LogP contribution in [-0.4, -0.2) is 12.0 Å². The van der Waals surface area contributed by atoms with Crippen LogP contribution in [0.1, 0.15) is 13.3 Å². The van der Waals surface area contributed by atoms with Gasteiger partial charge in [-0.1, -0.05) is 18.5 Å². The maximum Gasteiger partial charge on any atom is 0.193 e. The van der Waals surface area contributed by atoms with Crippen LogP contribution >= 0.6 is 11.6 Å². The van der Waals surface area contributed by atoms with Gasteiger partial charge in [0.05, 0.1) is 11.1 Å². The molecule has 1 heterocycles. The fourth-order valence-electron chi connectivity index (χ4n) is 0.803. The molecule has 0 spiro atoms. The van der Waals surface area contributed by atoms with Crippen molar-refractivity contribution < 1.29 is 0 Å². The molecule has 0 saturated heterocycles. The number of hydrogen-bond acceptors (Lipinski definition) is 3. The van der Waals surface area contributed by atoms with Gasteiger partial charge in [0.15, 0.2) is 5.96 Å². The number of nitrogens with two attached hydrogens (primary N) is 1. The van der Waals surface area contributed by atoms with E-state index in [2.05, 4.69) is 10.3 Å². The van der Waals surface area contributed by atoms with Gasteiger partial charge in [-0.2, -0.15) is 0 Å². The Balaban J connectivity index is 2.68. The zero-order chi connectivity index (χ0) is 7.56. The van der Waals surface area contributed by atoms with Gasteiger partial charge in [0.1, 0.15) is 0 Å². The van der Waals surface area contributed by atoms with Gasteiger partial charge in [0.25, 0.3) is 0 Å². The van der Waals surface area contributed by atoms with Gasteiger partial charge < -0.3 is 11.1 Å². The smallest absolute Gasteiger partial charge is 0.193 e. The molecule has 1 aliphatic heterocycles. The number of rotatable bonds is 1. The molecule has 1 rings (SSSR count).